The summed E-state index contributed by atoms with van der Waals surface area (Å²) in [5, 5.41) is 6.59. The molecule has 1 aromatic rings. The van der Waals surface area contributed by atoms with Gasteiger partial charge in [0.05, 0.1) is 19.2 Å². The number of hydrogen-bond acceptors (Lipinski definition) is 4. The number of benzene rings is 1. The lowest BCUT2D eigenvalue weighted by atomic mass is 10.1. The van der Waals surface area contributed by atoms with E-state index in [0.29, 0.717) is 12.1 Å². The molecule has 0 aliphatic heterocycles. The fourth-order valence-corrected chi connectivity index (χ4v) is 2.45. The van der Waals surface area contributed by atoms with Gasteiger partial charge in [0.2, 0.25) is 0 Å². The smallest absolute Gasteiger partial charge is 0.337 e. The zero-order valence-corrected chi connectivity index (χ0v) is 15.0. The molecule has 0 saturated heterocycles. The number of nitrogens with zero attached hydrogens (tertiary/aromatic N) is 1. The van der Waals surface area contributed by atoms with Gasteiger partial charge in [-0.15, -0.1) is 0 Å². The van der Waals surface area contributed by atoms with Crippen molar-refractivity contribution in [3.63, 3.8) is 0 Å². The number of rotatable bonds is 9. The van der Waals surface area contributed by atoms with Gasteiger partial charge < -0.3 is 15.4 Å². The van der Waals surface area contributed by atoms with Crippen LogP contribution in [0.2, 0.25) is 0 Å². The molecule has 0 amide bonds. The van der Waals surface area contributed by atoms with E-state index < -0.39 is 0 Å². The van der Waals surface area contributed by atoms with Crippen molar-refractivity contribution in [1.82, 2.24) is 10.6 Å². The Kier molecular flexibility index (Phi) is 9.95. The maximum atomic E-state index is 11.4. The summed E-state index contributed by atoms with van der Waals surface area (Å²) in [6.45, 7) is 4.38. The number of carbonyl (C=O) groups is 1. The van der Waals surface area contributed by atoms with Crippen LogP contribution in [-0.4, -0.2) is 44.1 Å². The normalized spacial score (nSPS) is 11.2. The number of unbranched alkanes of at least 4 members (excludes halogenated alkanes) is 1. The Morgan fingerprint density at radius 3 is 2.57 bits per heavy atom. The van der Waals surface area contributed by atoms with Crippen molar-refractivity contribution in [2.24, 2.45) is 4.99 Å². The molecule has 0 aliphatic rings. The average Bonchev–Trinajstić information content (AvgIpc) is 2.59. The Balaban J connectivity index is 2.50. The van der Waals surface area contributed by atoms with E-state index in [9.17, 15) is 4.79 Å². The molecule has 0 saturated carbocycles. The molecular weight excluding hydrogens is 310 g/mol. The van der Waals surface area contributed by atoms with E-state index in [-0.39, 0.29) is 5.97 Å². The molecule has 0 bridgehead atoms. The quantitative estimate of drug-likeness (QED) is 0.314. The number of aliphatic imine (C=N–C) groups is 1. The molecule has 0 aliphatic carbocycles. The van der Waals surface area contributed by atoms with E-state index in [0.717, 1.165) is 31.0 Å². The molecule has 128 valence electrons. The molecule has 1 rings (SSSR count). The number of carbonyl (C=O) groups excluding carboxylic acids is 1. The number of ether oxygens (including phenoxy) is 1. The Labute approximate surface area is 143 Å². The molecule has 0 fully saturated rings. The van der Waals surface area contributed by atoms with Crippen LogP contribution in [0.25, 0.3) is 0 Å². The van der Waals surface area contributed by atoms with Crippen molar-refractivity contribution in [2.45, 2.75) is 26.3 Å². The van der Waals surface area contributed by atoms with Crippen LogP contribution in [0.4, 0.5) is 0 Å². The van der Waals surface area contributed by atoms with Gasteiger partial charge in [0, 0.05) is 13.1 Å². The van der Waals surface area contributed by atoms with Crippen molar-refractivity contribution in [2.75, 3.05) is 32.2 Å². The van der Waals surface area contributed by atoms with E-state index in [2.05, 4.69) is 28.8 Å². The monoisotopic (exact) mass is 337 g/mol. The standard InChI is InChI=1S/C17H27N3O2S/c1-4-18-17(19-11-5-6-12-23-3)20-13-14-7-9-15(10-8-14)16(21)22-2/h7-10H,4-6,11-13H2,1-3H3,(H2,18,19,20). The lowest BCUT2D eigenvalue weighted by Gasteiger charge is -2.11. The van der Waals surface area contributed by atoms with Gasteiger partial charge in [-0.1, -0.05) is 12.1 Å². The molecule has 0 aromatic heterocycles. The number of nitrogens with one attached hydrogen (secondary N) is 2. The van der Waals surface area contributed by atoms with E-state index in [1.807, 2.05) is 23.9 Å². The highest BCUT2D eigenvalue weighted by Crippen LogP contribution is 2.07. The summed E-state index contributed by atoms with van der Waals surface area (Å²) >= 11 is 1.88. The van der Waals surface area contributed by atoms with Crippen LogP contribution in [-0.2, 0) is 11.3 Å². The lowest BCUT2D eigenvalue weighted by molar-refractivity contribution is 0.0600. The number of thioether (sulfide) groups is 1. The summed E-state index contributed by atoms with van der Waals surface area (Å²) in [6.07, 6.45) is 4.48. The van der Waals surface area contributed by atoms with Crippen molar-refractivity contribution in [3.05, 3.63) is 35.4 Å². The summed E-state index contributed by atoms with van der Waals surface area (Å²) in [5.41, 5.74) is 1.61. The van der Waals surface area contributed by atoms with Crippen molar-refractivity contribution in [1.29, 1.82) is 0 Å². The van der Waals surface area contributed by atoms with Crippen LogP contribution in [0.15, 0.2) is 29.3 Å². The second-order valence-electron chi connectivity index (χ2n) is 5.01. The molecule has 23 heavy (non-hydrogen) atoms. The summed E-state index contributed by atoms with van der Waals surface area (Å²) in [4.78, 5) is 16.0. The zero-order chi connectivity index (χ0) is 16.9. The fourth-order valence-electron chi connectivity index (χ4n) is 1.95. The van der Waals surface area contributed by atoms with Crippen LogP contribution in [0, 0.1) is 0 Å². The highest BCUT2D eigenvalue weighted by Gasteiger charge is 2.04. The minimum absolute atomic E-state index is 0.319. The van der Waals surface area contributed by atoms with Crippen LogP contribution in [0.1, 0.15) is 35.7 Å². The van der Waals surface area contributed by atoms with Crippen LogP contribution in [0.5, 0.6) is 0 Å². The van der Waals surface area contributed by atoms with Gasteiger partial charge in [-0.3, -0.25) is 0 Å². The first-order valence-electron chi connectivity index (χ1n) is 7.89. The molecule has 6 heteroatoms. The first-order valence-corrected chi connectivity index (χ1v) is 9.29. The number of hydrogen-bond donors (Lipinski definition) is 2. The lowest BCUT2D eigenvalue weighted by Crippen LogP contribution is -2.37. The van der Waals surface area contributed by atoms with Gasteiger partial charge in [0.25, 0.3) is 0 Å². The molecule has 0 radical (unpaired) electrons. The summed E-state index contributed by atoms with van der Waals surface area (Å²) in [5.74, 6) is 1.70. The maximum absolute atomic E-state index is 11.4. The summed E-state index contributed by atoms with van der Waals surface area (Å²) in [6, 6.07) is 7.33. The van der Waals surface area contributed by atoms with Gasteiger partial charge >= 0.3 is 5.97 Å². The summed E-state index contributed by atoms with van der Waals surface area (Å²) in [7, 11) is 1.38. The maximum Gasteiger partial charge on any atom is 0.337 e. The van der Waals surface area contributed by atoms with Gasteiger partial charge in [-0.2, -0.15) is 11.8 Å². The Hall–Kier alpha value is -1.69. The Bertz CT molecular complexity index is 489. The van der Waals surface area contributed by atoms with E-state index >= 15 is 0 Å². The highest BCUT2D eigenvalue weighted by atomic mass is 32.2. The fraction of sp³-hybridized carbons (Fsp3) is 0.529. The molecule has 0 unspecified atom stereocenters. The Morgan fingerprint density at radius 2 is 1.96 bits per heavy atom. The molecule has 0 spiro atoms. The molecule has 2 N–H and O–H groups in total. The van der Waals surface area contributed by atoms with Gasteiger partial charge in [-0.05, 0) is 49.5 Å². The van der Waals surface area contributed by atoms with Gasteiger partial charge in [0.1, 0.15) is 0 Å². The SMILES string of the molecule is CCNC(=NCc1ccc(C(=O)OC)cc1)NCCCCSC. The second-order valence-corrected chi connectivity index (χ2v) is 6.00. The predicted molar refractivity (Wildman–Crippen MR) is 98.2 cm³/mol. The van der Waals surface area contributed by atoms with Crippen molar-refractivity contribution >= 4 is 23.7 Å². The van der Waals surface area contributed by atoms with Crippen LogP contribution < -0.4 is 10.6 Å². The first kappa shape index (κ1) is 19.4. The van der Waals surface area contributed by atoms with Gasteiger partial charge in [0.15, 0.2) is 5.96 Å². The third-order valence-corrected chi connectivity index (χ3v) is 3.90. The third kappa shape index (κ3) is 7.93. The largest absolute Gasteiger partial charge is 0.465 e. The van der Waals surface area contributed by atoms with Gasteiger partial charge in [-0.25, -0.2) is 9.79 Å². The van der Waals surface area contributed by atoms with Crippen LogP contribution in [0.3, 0.4) is 0 Å². The van der Waals surface area contributed by atoms with Crippen molar-refractivity contribution in [3.8, 4) is 0 Å². The molecule has 1 aromatic carbocycles. The van der Waals surface area contributed by atoms with E-state index in [1.165, 1.54) is 19.3 Å². The molecular formula is C17H27N3O2S. The predicted octanol–water partition coefficient (Wildman–Crippen LogP) is 2.67. The molecule has 0 heterocycles. The number of methoxy groups -OCH3 is 1. The minimum atomic E-state index is -0.319. The highest BCUT2D eigenvalue weighted by molar-refractivity contribution is 7.98. The summed E-state index contributed by atoms with van der Waals surface area (Å²) < 4.78 is 4.69. The first-order chi connectivity index (χ1) is 11.2. The zero-order valence-electron chi connectivity index (χ0n) is 14.2. The third-order valence-electron chi connectivity index (χ3n) is 3.21. The topological polar surface area (TPSA) is 62.7 Å². The average molecular weight is 337 g/mol. The van der Waals surface area contributed by atoms with E-state index in [4.69, 9.17) is 4.74 Å². The number of guanidine groups is 1. The minimum Gasteiger partial charge on any atom is -0.465 e. The van der Waals surface area contributed by atoms with Crippen molar-refractivity contribution < 1.29 is 9.53 Å². The number of esters is 1. The second kappa shape index (κ2) is 11.8. The van der Waals surface area contributed by atoms with Crippen LogP contribution >= 0.6 is 11.8 Å². The van der Waals surface area contributed by atoms with E-state index in [1.54, 1.807) is 12.1 Å². The molecule has 5 nitrogen and oxygen atoms in total. The molecule has 0 atom stereocenters. The Morgan fingerprint density at radius 1 is 1.22 bits per heavy atom.